The number of carbonyl (C=O) groups is 2. The van der Waals surface area contributed by atoms with Gasteiger partial charge >= 0.3 is 0 Å². The van der Waals surface area contributed by atoms with Crippen molar-refractivity contribution in [3.05, 3.63) is 65.2 Å². The molecule has 182 valence electrons. The lowest BCUT2D eigenvalue weighted by Crippen LogP contribution is -2.45. The molecule has 0 atom stereocenters. The van der Waals surface area contributed by atoms with Gasteiger partial charge in [-0.2, -0.15) is 0 Å². The quantitative estimate of drug-likeness (QED) is 0.620. The number of likely N-dealkylation sites (tertiary alicyclic amines) is 1. The number of amides is 2. The summed E-state index contributed by atoms with van der Waals surface area (Å²) in [6, 6.07) is 15.3. The molecule has 2 aliphatic rings. The Hall–Kier alpha value is -2.86. The monoisotopic (exact) mass is 464 g/mol. The summed E-state index contributed by atoms with van der Waals surface area (Å²) in [7, 11) is 1.80. The standard InChI is InChI=1S/C28H36N2O4/c1-22-8-7-9-23(20-22)26(31)30-15-13-28(14-16-30)12-5-6-18-33-19-17-29(2)27(32)24-10-3-4-11-25(24)34-21-28/h3-4,7-11,20H,5-6,12-19,21H2,1-2H3. The van der Waals surface area contributed by atoms with Crippen molar-refractivity contribution in [3.8, 4) is 5.75 Å². The SMILES string of the molecule is Cc1cccc(C(=O)N2CCC3(CCCCOCCN(C)C(=O)c4ccccc4OC3)CC2)c1. The topological polar surface area (TPSA) is 59.1 Å². The van der Waals surface area contributed by atoms with Gasteiger partial charge in [0.1, 0.15) is 5.75 Å². The van der Waals surface area contributed by atoms with Gasteiger partial charge in [-0.25, -0.2) is 0 Å². The van der Waals surface area contributed by atoms with Crippen LogP contribution in [-0.4, -0.2) is 68.1 Å². The van der Waals surface area contributed by atoms with Gasteiger partial charge in [-0.1, -0.05) is 36.2 Å². The van der Waals surface area contributed by atoms with Crippen LogP contribution in [0.15, 0.2) is 48.5 Å². The molecule has 0 bridgehead atoms. The Labute approximate surface area is 202 Å². The third kappa shape index (κ3) is 5.79. The number of benzene rings is 2. The first-order chi connectivity index (χ1) is 16.5. The molecule has 6 nitrogen and oxygen atoms in total. The van der Waals surface area contributed by atoms with Crippen molar-refractivity contribution < 1.29 is 19.1 Å². The zero-order chi connectivity index (χ0) is 24.0. The number of para-hydroxylation sites is 1. The minimum atomic E-state index is -0.0520. The Morgan fingerprint density at radius 1 is 0.941 bits per heavy atom. The van der Waals surface area contributed by atoms with Gasteiger partial charge in [-0.05, 0) is 56.9 Å². The second-order valence-electron chi connectivity index (χ2n) is 9.74. The van der Waals surface area contributed by atoms with E-state index in [0.29, 0.717) is 37.7 Å². The van der Waals surface area contributed by atoms with Gasteiger partial charge in [0.15, 0.2) is 0 Å². The molecule has 2 aromatic carbocycles. The number of hydrogen-bond acceptors (Lipinski definition) is 4. The van der Waals surface area contributed by atoms with Crippen molar-refractivity contribution in [2.24, 2.45) is 5.41 Å². The van der Waals surface area contributed by atoms with Gasteiger partial charge in [0.2, 0.25) is 0 Å². The van der Waals surface area contributed by atoms with Gasteiger partial charge in [-0.15, -0.1) is 0 Å². The van der Waals surface area contributed by atoms with Crippen LogP contribution in [0.3, 0.4) is 0 Å². The number of piperidine rings is 1. The summed E-state index contributed by atoms with van der Waals surface area (Å²) in [5, 5.41) is 0. The number of nitrogens with zero attached hydrogens (tertiary/aromatic N) is 2. The lowest BCUT2D eigenvalue weighted by atomic mass is 9.75. The summed E-state index contributed by atoms with van der Waals surface area (Å²) in [4.78, 5) is 29.7. The zero-order valence-electron chi connectivity index (χ0n) is 20.4. The third-order valence-corrected chi connectivity index (χ3v) is 7.19. The minimum absolute atomic E-state index is 0.0183. The molecule has 0 aliphatic carbocycles. The van der Waals surface area contributed by atoms with E-state index >= 15 is 0 Å². The predicted octanol–water partition coefficient (Wildman–Crippen LogP) is 4.57. The van der Waals surface area contributed by atoms with Gasteiger partial charge in [0, 0.05) is 44.3 Å². The number of hydrogen-bond donors (Lipinski definition) is 0. The maximum absolute atomic E-state index is 13.1. The summed E-state index contributed by atoms with van der Waals surface area (Å²) in [5.74, 6) is 0.687. The first-order valence-electron chi connectivity index (χ1n) is 12.4. The molecular weight excluding hydrogens is 428 g/mol. The fourth-order valence-electron chi connectivity index (χ4n) is 4.93. The molecule has 1 fully saturated rings. The normalized spacial score (nSPS) is 19.8. The van der Waals surface area contributed by atoms with Gasteiger partial charge in [0.25, 0.3) is 11.8 Å². The number of fused-ring (bicyclic) bond motifs is 1. The van der Waals surface area contributed by atoms with Gasteiger partial charge in [0.05, 0.1) is 18.8 Å². The first-order valence-corrected chi connectivity index (χ1v) is 12.4. The van der Waals surface area contributed by atoms with Gasteiger partial charge in [-0.3, -0.25) is 9.59 Å². The number of likely N-dealkylation sites (N-methyl/N-ethyl adjacent to an activating group) is 1. The highest BCUT2D eigenvalue weighted by Crippen LogP contribution is 2.38. The van der Waals surface area contributed by atoms with Crippen molar-refractivity contribution in [1.29, 1.82) is 0 Å². The van der Waals surface area contributed by atoms with E-state index in [0.717, 1.165) is 56.3 Å². The van der Waals surface area contributed by atoms with E-state index in [1.807, 2.05) is 60.4 Å². The fourth-order valence-corrected chi connectivity index (χ4v) is 4.93. The smallest absolute Gasteiger partial charge is 0.257 e. The molecule has 4 rings (SSSR count). The van der Waals surface area contributed by atoms with Crippen molar-refractivity contribution in [3.63, 3.8) is 0 Å². The van der Waals surface area contributed by atoms with Gasteiger partial charge < -0.3 is 19.3 Å². The van der Waals surface area contributed by atoms with Crippen LogP contribution in [0.2, 0.25) is 0 Å². The van der Waals surface area contributed by atoms with E-state index in [9.17, 15) is 9.59 Å². The summed E-state index contributed by atoms with van der Waals surface area (Å²) < 4.78 is 12.1. The van der Waals surface area contributed by atoms with Crippen molar-refractivity contribution >= 4 is 11.8 Å². The molecule has 0 aromatic heterocycles. The highest BCUT2D eigenvalue weighted by molar-refractivity contribution is 5.96. The van der Waals surface area contributed by atoms with Crippen LogP contribution in [-0.2, 0) is 4.74 Å². The molecule has 0 N–H and O–H groups in total. The van der Waals surface area contributed by atoms with E-state index in [2.05, 4.69) is 0 Å². The first kappa shape index (κ1) is 24.3. The Kier molecular flexibility index (Phi) is 7.88. The van der Waals surface area contributed by atoms with Crippen LogP contribution in [0, 0.1) is 12.3 Å². The number of aryl methyl sites for hydroxylation is 1. The van der Waals surface area contributed by atoms with Crippen LogP contribution in [0.5, 0.6) is 5.75 Å². The Morgan fingerprint density at radius 2 is 1.74 bits per heavy atom. The van der Waals surface area contributed by atoms with Crippen molar-refractivity contribution in [2.75, 3.05) is 46.5 Å². The fraction of sp³-hybridized carbons (Fsp3) is 0.500. The van der Waals surface area contributed by atoms with Crippen LogP contribution < -0.4 is 4.74 Å². The molecule has 2 aromatic rings. The summed E-state index contributed by atoms with van der Waals surface area (Å²) >= 11 is 0. The molecule has 2 heterocycles. The number of ether oxygens (including phenoxy) is 2. The summed E-state index contributed by atoms with van der Waals surface area (Å²) in [6.45, 7) is 5.79. The average molecular weight is 465 g/mol. The maximum Gasteiger partial charge on any atom is 0.257 e. The van der Waals surface area contributed by atoms with E-state index in [1.165, 1.54) is 0 Å². The molecule has 1 spiro atoms. The Balaban J connectivity index is 1.49. The third-order valence-electron chi connectivity index (χ3n) is 7.19. The Bertz CT molecular complexity index is 997. The second kappa shape index (κ2) is 11.0. The predicted molar refractivity (Wildman–Crippen MR) is 132 cm³/mol. The lowest BCUT2D eigenvalue weighted by Gasteiger charge is -2.42. The van der Waals surface area contributed by atoms with Crippen molar-refractivity contribution in [2.45, 2.75) is 39.0 Å². The largest absolute Gasteiger partial charge is 0.492 e. The lowest BCUT2D eigenvalue weighted by molar-refractivity contribution is 0.0329. The van der Waals surface area contributed by atoms with E-state index < -0.39 is 0 Å². The summed E-state index contributed by atoms with van der Waals surface area (Å²) in [6.07, 6.45) is 4.86. The number of rotatable bonds is 1. The van der Waals surface area contributed by atoms with Crippen molar-refractivity contribution in [1.82, 2.24) is 9.80 Å². The second-order valence-corrected chi connectivity index (χ2v) is 9.74. The van der Waals surface area contributed by atoms with E-state index in [-0.39, 0.29) is 17.2 Å². The molecule has 0 radical (unpaired) electrons. The summed E-state index contributed by atoms with van der Waals surface area (Å²) in [5.41, 5.74) is 2.42. The van der Waals surface area contributed by atoms with E-state index in [1.54, 1.807) is 11.9 Å². The molecule has 0 saturated carbocycles. The molecule has 1 saturated heterocycles. The maximum atomic E-state index is 13.1. The molecule has 0 unspecified atom stereocenters. The van der Waals surface area contributed by atoms with E-state index in [4.69, 9.17) is 9.47 Å². The molecule has 2 aliphatic heterocycles. The molecule has 2 amide bonds. The number of carbonyl (C=O) groups excluding carboxylic acids is 2. The highest BCUT2D eigenvalue weighted by atomic mass is 16.5. The highest BCUT2D eigenvalue weighted by Gasteiger charge is 2.37. The van der Waals surface area contributed by atoms with Crippen LogP contribution in [0.1, 0.15) is 58.4 Å². The van der Waals surface area contributed by atoms with Crippen LogP contribution in [0.4, 0.5) is 0 Å². The Morgan fingerprint density at radius 3 is 2.53 bits per heavy atom. The molecule has 6 heteroatoms. The van der Waals surface area contributed by atoms with Crippen LogP contribution in [0.25, 0.3) is 0 Å². The molecular formula is C28H36N2O4. The van der Waals surface area contributed by atoms with Crippen LogP contribution >= 0.6 is 0 Å². The average Bonchev–Trinajstić information content (AvgIpc) is 2.86. The molecule has 34 heavy (non-hydrogen) atoms. The zero-order valence-corrected chi connectivity index (χ0v) is 20.4. The minimum Gasteiger partial charge on any atom is -0.492 e.